The topological polar surface area (TPSA) is 80.5 Å². The second kappa shape index (κ2) is 9.77. The van der Waals surface area contributed by atoms with Crippen LogP contribution in [0, 0.1) is 0 Å². The Bertz CT molecular complexity index is 278. The van der Waals surface area contributed by atoms with Gasteiger partial charge in [-0.25, -0.2) is 4.79 Å². The fraction of sp³-hybridized carbons (Fsp3) is 0.667. The van der Waals surface area contributed by atoms with Gasteiger partial charge in [0.1, 0.15) is 5.03 Å². The van der Waals surface area contributed by atoms with E-state index in [1.165, 1.54) is 0 Å². The van der Waals surface area contributed by atoms with Crippen LogP contribution in [0.2, 0.25) is 0 Å². The summed E-state index contributed by atoms with van der Waals surface area (Å²) in [5, 5.41) is -0.232. The van der Waals surface area contributed by atoms with E-state index in [1.807, 2.05) is 6.92 Å². The minimum Gasteiger partial charge on any atom is -0.789 e. The molecule has 0 saturated carbocycles. The molecule has 0 aliphatic carbocycles. The first kappa shape index (κ1) is 17.9. The van der Waals surface area contributed by atoms with Crippen molar-refractivity contribution in [2.45, 2.75) is 32.3 Å². The van der Waals surface area contributed by atoms with Crippen molar-refractivity contribution in [3.8, 4) is 0 Å². The van der Waals surface area contributed by atoms with Gasteiger partial charge in [-0.15, -0.1) is 6.54 Å². The van der Waals surface area contributed by atoms with Gasteiger partial charge < -0.3 is 14.0 Å². The van der Waals surface area contributed by atoms with E-state index in [2.05, 4.69) is 11.3 Å². The third-order valence-electron chi connectivity index (χ3n) is 1.76. The van der Waals surface area contributed by atoms with Gasteiger partial charge in [0.25, 0.3) is 0 Å². The molecule has 0 rings (SSSR count). The van der Waals surface area contributed by atoms with Crippen molar-refractivity contribution in [3.63, 3.8) is 0 Å². The molecule has 96 valence electrons. The molecule has 0 aliphatic heterocycles. The van der Waals surface area contributed by atoms with E-state index >= 15 is 0 Å². The smallest absolute Gasteiger partial charge is 0.349 e. The van der Waals surface area contributed by atoms with Crippen LogP contribution in [-0.4, -0.2) is 27.4 Å². The van der Waals surface area contributed by atoms with Crippen LogP contribution >= 0.6 is 11.6 Å². The first-order chi connectivity index (χ1) is 7.47. The Morgan fingerprint density at radius 1 is 1.65 bits per heavy atom. The van der Waals surface area contributed by atoms with Crippen molar-refractivity contribution >= 4 is 28.8 Å². The zero-order valence-electron chi connectivity index (χ0n) is 9.69. The third-order valence-corrected chi connectivity index (χ3v) is 2.27. The molecule has 0 spiro atoms. The molecule has 0 aromatic carbocycles. The number of carbonyl (C=O) groups excluding carboxylic acids is 1. The Morgan fingerprint density at radius 3 is 2.65 bits per heavy atom. The molecule has 0 fully saturated rings. The fourth-order valence-electron chi connectivity index (χ4n) is 0.979. The zero-order chi connectivity index (χ0) is 12.6. The second-order valence-electron chi connectivity index (χ2n) is 3.10. The van der Waals surface area contributed by atoms with E-state index < -0.39 is 23.3 Å². The Balaban J connectivity index is 0. The molecule has 0 heterocycles. The van der Waals surface area contributed by atoms with E-state index in [9.17, 15) is 13.6 Å². The Labute approximate surface area is 103 Å². The SMILES string of the molecule is C=C(Cl)C(=O)OC(CCCC)C[N-]S(=O)[O-].[Rf]. The molecule has 17 heavy (non-hydrogen) atoms. The van der Waals surface area contributed by atoms with Crippen molar-refractivity contribution in [2.75, 3.05) is 6.54 Å². The van der Waals surface area contributed by atoms with Crippen LogP contribution in [0.3, 0.4) is 0 Å². The molecular weight excluding hydrogens is 521 g/mol. The van der Waals surface area contributed by atoms with Gasteiger partial charge in [-0.3, -0.25) is 4.21 Å². The fourth-order valence-corrected chi connectivity index (χ4v) is 1.31. The predicted octanol–water partition coefficient (Wildman–Crippen LogP) is 2.01. The van der Waals surface area contributed by atoms with E-state index in [-0.39, 0.29) is 11.6 Å². The van der Waals surface area contributed by atoms with Crippen LogP contribution in [0.15, 0.2) is 11.6 Å². The van der Waals surface area contributed by atoms with Crippen LogP contribution in [0.4, 0.5) is 0 Å². The summed E-state index contributed by atoms with van der Waals surface area (Å²) in [6, 6.07) is 0. The number of nitrogens with zero attached hydrogens (tertiary/aromatic N) is 1. The molecule has 2 atom stereocenters. The van der Waals surface area contributed by atoms with Crippen molar-refractivity contribution in [2.24, 2.45) is 0 Å². The summed E-state index contributed by atoms with van der Waals surface area (Å²) in [6.45, 7) is 5.12. The average molecular weight is 535 g/mol. The van der Waals surface area contributed by atoms with E-state index in [0.29, 0.717) is 6.42 Å². The zero-order valence-corrected chi connectivity index (χ0v) is 17.7. The van der Waals surface area contributed by atoms with Gasteiger partial charge >= 0.3 is 5.97 Å². The predicted molar refractivity (Wildman–Crippen MR) is 61.5 cm³/mol. The van der Waals surface area contributed by atoms with E-state index in [0.717, 1.165) is 12.8 Å². The normalized spacial score (nSPS) is 13.4. The minimum absolute atomic E-state index is 0. The number of ether oxygens (including phenoxy) is 1. The number of carbonyl (C=O) groups is 1. The van der Waals surface area contributed by atoms with Crippen LogP contribution in [0.25, 0.3) is 4.72 Å². The molecule has 0 amide bonds. The second-order valence-corrected chi connectivity index (χ2v) is 4.25. The number of hydrogen-bond donors (Lipinski definition) is 0. The summed E-state index contributed by atoms with van der Waals surface area (Å²) in [6.07, 6.45) is 1.71. The van der Waals surface area contributed by atoms with Crippen molar-refractivity contribution in [1.29, 1.82) is 0 Å². The number of hydrogen-bond acceptors (Lipinski definition) is 4. The third kappa shape index (κ3) is 9.50. The molecule has 0 bridgehead atoms. The summed E-state index contributed by atoms with van der Waals surface area (Å²) in [5.41, 5.74) is 0. The van der Waals surface area contributed by atoms with Gasteiger partial charge in [-0.1, -0.05) is 37.9 Å². The van der Waals surface area contributed by atoms with Gasteiger partial charge in [0.15, 0.2) is 0 Å². The maximum Gasteiger partial charge on any atom is 0.349 e. The summed E-state index contributed by atoms with van der Waals surface area (Å²) in [7, 11) is 0. The van der Waals surface area contributed by atoms with Crippen molar-refractivity contribution in [1.82, 2.24) is 0 Å². The van der Waals surface area contributed by atoms with Gasteiger partial charge in [0, 0.05) is 0 Å². The number of esters is 1. The summed E-state index contributed by atoms with van der Waals surface area (Å²) < 4.78 is 28.7. The van der Waals surface area contributed by atoms with Crippen molar-refractivity contribution < 1.29 is 18.3 Å². The molecule has 0 saturated heterocycles. The van der Waals surface area contributed by atoms with Gasteiger partial charge in [0.05, 0.1) is 6.10 Å². The molecule has 0 radical (unpaired) electrons. The quantitative estimate of drug-likeness (QED) is 0.271. The first-order valence-electron chi connectivity index (χ1n) is 4.79. The summed E-state index contributed by atoms with van der Waals surface area (Å²) >= 11 is 2.86. The number of rotatable bonds is 8. The maximum absolute atomic E-state index is 11.1. The monoisotopic (exact) mass is 534 g/mol. The molecule has 0 aliphatic rings. The average Bonchev–Trinajstić information content (AvgIpc) is 2.21. The standard InChI is InChI=1S/C9H15ClNO4S.Rf/c1-3-4-5-8(6-11-16(13)14)15-9(12)7(2)10;/h8H,2-6H2,1H3,(H,13,14);/q-1;/p-1. The number of unbranched alkanes of at least 4 members (excludes halogenated alkanes) is 1. The number of halogens is 1. The molecule has 0 N–H and O–H groups in total. The van der Waals surface area contributed by atoms with Gasteiger partial charge in [-0.2, -0.15) is 11.3 Å². The van der Waals surface area contributed by atoms with Crippen LogP contribution in [0.5, 0.6) is 0 Å². The van der Waals surface area contributed by atoms with Gasteiger partial charge in [-0.05, 0) is 6.42 Å². The molecule has 0 aromatic rings. The summed E-state index contributed by atoms with van der Waals surface area (Å²) in [4.78, 5) is 11.1. The molecule has 0 aromatic heterocycles. The largest absolute Gasteiger partial charge is 0.789 e. The molecule has 2 unspecified atom stereocenters. The van der Waals surface area contributed by atoms with Crippen LogP contribution < -0.4 is 0 Å². The Morgan fingerprint density at radius 2 is 2.24 bits per heavy atom. The minimum atomic E-state index is -2.49. The van der Waals surface area contributed by atoms with Crippen LogP contribution in [-0.2, 0) is 20.8 Å². The van der Waals surface area contributed by atoms with E-state index in [1.54, 1.807) is 0 Å². The Hall–Kier alpha value is -1.43. The van der Waals surface area contributed by atoms with Gasteiger partial charge in [0.2, 0.25) is 0 Å². The maximum atomic E-state index is 11.1. The first-order valence-corrected chi connectivity index (χ1v) is 6.20. The Kier molecular flexibility index (Phi) is 10.3. The van der Waals surface area contributed by atoms with Crippen molar-refractivity contribution in [3.05, 3.63) is 16.3 Å². The molecular formula is C9H14ClNO4RfS-2. The summed E-state index contributed by atoms with van der Waals surface area (Å²) in [5.74, 6) is -0.741. The van der Waals surface area contributed by atoms with E-state index in [4.69, 9.17) is 16.3 Å². The molecule has 5 nitrogen and oxygen atoms in total. The molecule has 8 heteroatoms. The van der Waals surface area contributed by atoms with Crippen LogP contribution in [0.1, 0.15) is 26.2 Å².